The predicted octanol–water partition coefficient (Wildman–Crippen LogP) is 2.19. The smallest absolute Gasteiger partial charge is 0.354 e. The number of nitrogens with zero attached hydrogens (tertiary/aromatic N) is 2. The molecule has 0 spiro atoms. The third-order valence-electron chi connectivity index (χ3n) is 2.58. The Morgan fingerprint density at radius 2 is 2.06 bits per heavy atom. The van der Waals surface area contributed by atoms with Gasteiger partial charge < -0.3 is 9.67 Å². The molecule has 0 saturated carbocycles. The molecule has 1 N–H and O–H groups in total. The lowest BCUT2D eigenvalue weighted by Crippen LogP contribution is -2.12. The van der Waals surface area contributed by atoms with Crippen LogP contribution in [0.3, 0.4) is 0 Å². The Kier molecular flexibility index (Phi) is 2.72. The van der Waals surface area contributed by atoms with E-state index in [0.717, 1.165) is 5.56 Å². The fraction of sp³-hybridized carbons (Fsp3) is 0.167. The normalized spacial score (nSPS) is 12.3. The molecule has 4 heteroatoms. The summed E-state index contributed by atoms with van der Waals surface area (Å²) in [6, 6.07) is 9.70. The molecule has 1 aromatic carbocycles. The zero-order valence-electron chi connectivity index (χ0n) is 8.87. The topological polar surface area (TPSA) is 55.1 Å². The number of imidazole rings is 1. The highest BCUT2D eigenvalue weighted by Gasteiger charge is 2.15. The summed E-state index contributed by atoms with van der Waals surface area (Å²) in [4.78, 5) is 14.8. The van der Waals surface area contributed by atoms with Crippen LogP contribution in [0.5, 0.6) is 0 Å². The second kappa shape index (κ2) is 4.18. The van der Waals surface area contributed by atoms with E-state index in [1.165, 1.54) is 6.20 Å². The first-order chi connectivity index (χ1) is 7.70. The van der Waals surface area contributed by atoms with Crippen LogP contribution in [-0.4, -0.2) is 20.6 Å². The number of aromatic carboxylic acids is 1. The monoisotopic (exact) mass is 216 g/mol. The highest BCUT2D eigenvalue weighted by atomic mass is 16.4. The summed E-state index contributed by atoms with van der Waals surface area (Å²) in [6.45, 7) is 1.95. The van der Waals surface area contributed by atoms with E-state index in [-0.39, 0.29) is 11.7 Å². The van der Waals surface area contributed by atoms with Gasteiger partial charge in [0.1, 0.15) is 5.69 Å². The van der Waals surface area contributed by atoms with E-state index in [0.29, 0.717) is 0 Å². The largest absolute Gasteiger partial charge is 0.477 e. The van der Waals surface area contributed by atoms with E-state index >= 15 is 0 Å². The van der Waals surface area contributed by atoms with Gasteiger partial charge in [0, 0.05) is 0 Å². The maximum atomic E-state index is 11.0. The molecule has 0 aliphatic heterocycles. The van der Waals surface area contributed by atoms with Crippen LogP contribution in [0.1, 0.15) is 29.0 Å². The van der Waals surface area contributed by atoms with Gasteiger partial charge in [-0.3, -0.25) is 0 Å². The molecule has 1 aromatic heterocycles. The lowest BCUT2D eigenvalue weighted by atomic mass is 10.1. The van der Waals surface area contributed by atoms with Gasteiger partial charge in [0.05, 0.1) is 18.6 Å². The van der Waals surface area contributed by atoms with E-state index in [1.807, 2.05) is 37.3 Å². The second-order valence-corrected chi connectivity index (χ2v) is 3.58. The SMILES string of the molecule is C[C@@H](c1ccccc1)n1cncc1C(=O)O. The van der Waals surface area contributed by atoms with Gasteiger partial charge in [-0.25, -0.2) is 9.78 Å². The average Bonchev–Trinajstić information content (AvgIpc) is 2.78. The number of carboxylic acid groups (broad SMARTS) is 1. The van der Waals surface area contributed by atoms with E-state index in [4.69, 9.17) is 5.11 Å². The molecule has 1 heterocycles. The number of hydrogen-bond donors (Lipinski definition) is 1. The van der Waals surface area contributed by atoms with E-state index in [9.17, 15) is 4.79 Å². The third-order valence-corrected chi connectivity index (χ3v) is 2.58. The summed E-state index contributed by atoms with van der Waals surface area (Å²) in [6.07, 6.45) is 2.91. The number of carboxylic acids is 1. The van der Waals surface area contributed by atoms with Gasteiger partial charge in [-0.05, 0) is 12.5 Å². The third kappa shape index (κ3) is 1.82. The van der Waals surface area contributed by atoms with Crippen LogP contribution < -0.4 is 0 Å². The van der Waals surface area contributed by atoms with Gasteiger partial charge in [-0.2, -0.15) is 0 Å². The molecular formula is C12H12N2O2. The molecule has 0 bridgehead atoms. The van der Waals surface area contributed by atoms with Crippen molar-refractivity contribution < 1.29 is 9.90 Å². The molecule has 0 saturated heterocycles. The Bertz CT molecular complexity index is 491. The van der Waals surface area contributed by atoms with Crippen molar-refractivity contribution in [3.05, 3.63) is 54.1 Å². The molecule has 82 valence electrons. The lowest BCUT2D eigenvalue weighted by molar-refractivity contribution is 0.0684. The van der Waals surface area contributed by atoms with Crippen LogP contribution in [0, 0.1) is 0 Å². The fourth-order valence-electron chi connectivity index (χ4n) is 1.67. The molecule has 2 rings (SSSR count). The zero-order chi connectivity index (χ0) is 11.5. The Morgan fingerprint density at radius 3 is 2.69 bits per heavy atom. The molecule has 0 unspecified atom stereocenters. The number of hydrogen-bond acceptors (Lipinski definition) is 2. The minimum absolute atomic E-state index is 0.0326. The first-order valence-electron chi connectivity index (χ1n) is 5.00. The van der Waals surface area contributed by atoms with Gasteiger partial charge in [-0.1, -0.05) is 30.3 Å². The van der Waals surface area contributed by atoms with Crippen LogP contribution in [0.25, 0.3) is 0 Å². The van der Waals surface area contributed by atoms with Crippen molar-refractivity contribution >= 4 is 5.97 Å². The minimum Gasteiger partial charge on any atom is -0.477 e. The Hall–Kier alpha value is -2.10. The summed E-state index contributed by atoms with van der Waals surface area (Å²) in [5.74, 6) is -0.958. The van der Waals surface area contributed by atoms with Crippen LogP contribution in [0.2, 0.25) is 0 Å². The summed E-state index contributed by atoms with van der Waals surface area (Å²) < 4.78 is 1.65. The van der Waals surface area contributed by atoms with Crippen molar-refractivity contribution in [1.82, 2.24) is 9.55 Å². The summed E-state index contributed by atoms with van der Waals surface area (Å²) >= 11 is 0. The number of aromatic nitrogens is 2. The van der Waals surface area contributed by atoms with Crippen molar-refractivity contribution in [2.45, 2.75) is 13.0 Å². The first kappa shape index (κ1) is 10.4. The van der Waals surface area contributed by atoms with Gasteiger partial charge in [-0.15, -0.1) is 0 Å². The highest BCUT2D eigenvalue weighted by Crippen LogP contribution is 2.19. The molecule has 16 heavy (non-hydrogen) atoms. The predicted molar refractivity (Wildman–Crippen MR) is 59.4 cm³/mol. The molecule has 0 amide bonds. The van der Waals surface area contributed by atoms with Crippen molar-refractivity contribution in [3.8, 4) is 0 Å². The maximum absolute atomic E-state index is 11.0. The van der Waals surface area contributed by atoms with Crippen LogP contribution in [0.4, 0.5) is 0 Å². The van der Waals surface area contributed by atoms with Crippen molar-refractivity contribution in [2.24, 2.45) is 0 Å². The van der Waals surface area contributed by atoms with E-state index in [2.05, 4.69) is 4.98 Å². The highest BCUT2D eigenvalue weighted by molar-refractivity contribution is 5.85. The minimum atomic E-state index is -0.958. The Labute approximate surface area is 93.2 Å². The summed E-state index contributed by atoms with van der Waals surface area (Å²) in [5.41, 5.74) is 1.26. The van der Waals surface area contributed by atoms with Gasteiger partial charge >= 0.3 is 5.97 Å². The molecule has 4 nitrogen and oxygen atoms in total. The van der Waals surface area contributed by atoms with Crippen molar-refractivity contribution in [3.63, 3.8) is 0 Å². The number of carbonyl (C=O) groups is 1. The van der Waals surface area contributed by atoms with Crippen molar-refractivity contribution in [2.75, 3.05) is 0 Å². The fourth-order valence-corrected chi connectivity index (χ4v) is 1.67. The van der Waals surface area contributed by atoms with Gasteiger partial charge in [0.2, 0.25) is 0 Å². The molecule has 2 aromatic rings. The Morgan fingerprint density at radius 1 is 1.38 bits per heavy atom. The zero-order valence-corrected chi connectivity index (χ0v) is 8.87. The molecule has 0 aliphatic rings. The van der Waals surface area contributed by atoms with E-state index in [1.54, 1.807) is 10.9 Å². The molecule has 0 fully saturated rings. The number of benzene rings is 1. The molecule has 0 aliphatic carbocycles. The molecular weight excluding hydrogens is 204 g/mol. The lowest BCUT2D eigenvalue weighted by Gasteiger charge is -2.15. The summed E-state index contributed by atoms with van der Waals surface area (Å²) in [5, 5.41) is 8.99. The van der Waals surface area contributed by atoms with Gasteiger partial charge in [0.25, 0.3) is 0 Å². The summed E-state index contributed by atoms with van der Waals surface area (Å²) in [7, 11) is 0. The first-order valence-corrected chi connectivity index (χ1v) is 5.00. The maximum Gasteiger partial charge on any atom is 0.354 e. The Balaban J connectivity index is 2.38. The van der Waals surface area contributed by atoms with Crippen LogP contribution >= 0.6 is 0 Å². The van der Waals surface area contributed by atoms with Gasteiger partial charge in [0.15, 0.2) is 0 Å². The molecule has 1 atom stereocenters. The second-order valence-electron chi connectivity index (χ2n) is 3.58. The molecule has 0 radical (unpaired) electrons. The van der Waals surface area contributed by atoms with Crippen molar-refractivity contribution in [1.29, 1.82) is 0 Å². The number of rotatable bonds is 3. The van der Waals surface area contributed by atoms with Crippen LogP contribution in [-0.2, 0) is 0 Å². The quantitative estimate of drug-likeness (QED) is 0.855. The van der Waals surface area contributed by atoms with E-state index < -0.39 is 5.97 Å². The average molecular weight is 216 g/mol. The standard InChI is InChI=1S/C12H12N2O2/c1-9(10-5-3-2-4-6-10)14-8-13-7-11(14)12(15)16/h2-9H,1H3,(H,15,16)/t9-/m0/s1. The van der Waals surface area contributed by atoms with Crippen LogP contribution in [0.15, 0.2) is 42.9 Å².